The van der Waals surface area contributed by atoms with Gasteiger partial charge >= 0.3 is 0 Å². The lowest BCUT2D eigenvalue weighted by Crippen LogP contribution is -2.30. The van der Waals surface area contributed by atoms with Crippen LogP contribution in [0.25, 0.3) is 0 Å². The van der Waals surface area contributed by atoms with Gasteiger partial charge in [-0.25, -0.2) is 0 Å². The fourth-order valence-electron chi connectivity index (χ4n) is 2.02. The Labute approximate surface area is 89.1 Å². The third kappa shape index (κ3) is 1.60. The molecule has 1 aliphatic heterocycles. The Bertz CT molecular complexity index is 434. The van der Waals surface area contributed by atoms with Gasteiger partial charge in [-0.1, -0.05) is 13.8 Å². The summed E-state index contributed by atoms with van der Waals surface area (Å²) in [5, 5.41) is 3.20. The molecule has 4 heteroatoms. The van der Waals surface area contributed by atoms with Crippen molar-refractivity contribution in [2.75, 3.05) is 17.6 Å². The van der Waals surface area contributed by atoms with E-state index in [0.717, 1.165) is 36.6 Å². The maximum absolute atomic E-state index is 11.8. The minimum atomic E-state index is 0.0510. The van der Waals surface area contributed by atoms with Gasteiger partial charge in [0.25, 0.3) is 5.56 Å². The van der Waals surface area contributed by atoms with Crippen LogP contribution in [-0.2, 0) is 6.54 Å². The fraction of sp³-hybridized carbons (Fsp3) is 0.545. The van der Waals surface area contributed by atoms with Crippen LogP contribution in [0.3, 0.4) is 0 Å². The molecule has 1 aromatic rings. The average molecular weight is 207 g/mol. The Morgan fingerprint density at radius 1 is 1.53 bits per heavy atom. The summed E-state index contributed by atoms with van der Waals surface area (Å²) in [4.78, 5) is 11.8. The van der Waals surface area contributed by atoms with Crippen molar-refractivity contribution in [1.82, 2.24) is 4.57 Å². The fourth-order valence-corrected chi connectivity index (χ4v) is 2.02. The highest BCUT2D eigenvalue weighted by molar-refractivity contribution is 5.67. The lowest BCUT2D eigenvalue weighted by Gasteiger charge is -2.24. The molecule has 82 valence electrons. The maximum Gasteiger partial charge on any atom is 0.252 e. The number of nitrogens with one attached hydrogen (secondary N) is 1. The van der Waals surface area contributed by atoms with Gasteiger partial charge in [0.2, 0.25) is 0 Å². The van der Waals surface area contributed by atoms with Crippen LogP contribution in [0.4, 0.5) is 11.5 Å². The molecular formula is C11H17N3O. The molecule has 0 saturated heterocycles. The SMILES string of the molecule is CC(C)c1cc(=O)n2c(c1N)NCCC2. The van der Waals surface area contributed by atoms with E-state index in [1.165, 1.54) is 0 Å². The van der Waals surface area contributed by atoms with E-state index in [2.05, 4.69) is 5.32 Å². The summed E-state index contributed by atoms with van der Waals surface area (Å²) in [6.45, 7) is 5.75. The predicted octanol–water partition coefficient (Wildman–Crippen LogP) is 1.37. The van der Waals surface area contributed by atoms with Gasteiger partial charge < -0.3 is 11.1 Å². The first kappa shape index (κ1) is 10.1. The number of fused-ring (bicyclic) bond motifs is 1. The van der Waals surface area contributed by atoms with Crippen LogP contribution in [0.2, 0.25) is 0 Å². The van der Waals surface area contributed by atoms with Gasteiger partial charge in [0.15, 0.2) is 0 Å². The van der Waals surface area contributed by atoms with Gasteiger partial charge in [-0.3, -0.25) is 9.36 Å². The third-order valence-electron chi connectivity index (χ3n) is 2.85. The molecule has 0 radical (unpaired) electrons. The van der Waals surface area contributed by atoms with Crippen LogP contribution in [0, 0.1) is 0 Å². The van der Waals surface area contributed by atoms with Crippen molar-refractivity contribution < 1.29 is 0 Å². The zero-order chi connectivity index (χ0) is 11.0. The number of rotatable bonds is 1. The molecule has 0 aliphatic carbocycles. The Morgan fingerprint density at radius 2 is 2.27 bits per heavy atom. The number of nitrogens with two attached hydrogens (primary N) is 1. The number of aromatic nitrogens is 1. The van der Waals surface area contributed by atoms with E-state index in [4.69, 9.17) is 5.73 Å². The molecule has 0 atom stereocenters. The molecule has 2 heterocycles. The molecular weight excluding hydrogens is 190 g/mol. The minimum Gasteiger partial charge on any atom is -0.396 e. The molecule has 2 rings (SSSR count). The van der Waals surface area contributed by atoms with E-state index in [1.54, 1.807) is 10.6 Å². The quantitative estimate of drug-likeness (QED) is 0.731. The zero-order valence-electron chi connectivity index (χ0n) is 9.21. The largest absolute Gasteiger partial charge is 0.396 e. The van der Waals surface area contributed by atoms with Crippen LogP contribution in [0.15, 0.2) is 10.9 Å². The van der Waals surface area contributed by atoms with Gasteiger partial charge in [0, 0.05) is 19.2 Å². The van der Waals surface area contributed by atoms with Gasteiger partial charge in [-0.2, -0.15) is 0 Å². The van der Waals surface area contributed by atoms with E-state index in [1.807, 2.05) is 13.8 Å². The second-order valence-corrected chi connectivity index (χ2v) is 4.29. The van der Waals surface area contributed by atoms with E-state index >= 15 is 0 Å². The van der Waals surface area contributed by atoms with Crippen LogP contribution in [0.1, 0.15) is 31.7 Å². The van der Waals surface area contributed by atoms with Crippen molar-refractivity contribution in [3.05, 3.63) is 22.0 Å². The van der Waals surface area contributed by atoms with Gasteiger partial charge in [0.05, 0.1) is 5.69 Å². The molecule has 1 aromatic heterocycles. The second-order valence-electron chi connectivity index (χ2n) is 4.29. The molecule has 0 amide bonds. The summed E-state index contributed by atoms with van der Waals surface area (Å²) < 4.78 is 1.73. The number of hydrogen-bond acceptors (Lipinski definition) is 3. The van der Waals surface area contributed by atoms with Crippen molar-refractivity contribution in [3.8, 4) is 0 Å². The first-order chi connectivity index (χ1) is 7.11. The molecule has 1 aliphatic rings. The molecule has 0 bridgehead atoms. The minimum absolute atomic E-state index is 0.0510. The van der Waals surface area contributed by atoms with Crippen molar-refractivity contribution in [3.63, 3.8) is 0 Å². The van der Waals surface area contributed by atoms with Crippen molar-refractivity contribution >= 4 is 11.5 Å². The summed E-state index contributed by atoms with van der Waals surface area (Å²) in [6.07, 6.45) is 0.980. The first-order valence-corrected chi connectivity index (χ1v) is 5.38. The summed E-state index contributed by atoms with van der Waals surface area (Å²) in [5.41, 5.74) is 7.77. The highest BCUT2D eigenvalue weighted by atomic mass is 16.1. The molecule has 0 spiro atoms. The second kappa shape index (κ2) is 3.61. The molecule has 0 fully saturated rings. The summed E-state index contributed by atoms with van der Waals surface area (Å²) in [7, 11) is 0. The first-order valence-electron chi connectivity index (χ1n) is 5.38. The topological polar surface area (TPSA) is 60.0 Å². The van der Waals surface area contributed by atoms with Gasteiger partial charge in [-0.05, 0) is 17.9 Å². The molecule has 0 aromatic carbocycles. The number of anilines is 2. The highest BCUT2D eigenvalue weighted by Crippen LogP contribution is 2.28. The lowest BCUT2D eigenvalue weighted by molar-refractivity contribution is 0.607. The zero-order valence-corrected chi connectivity index (χ0v) is 9.21. The Hall–Kier alpha value is -1.45. The number of pyridine rings is 1. The number of hydrogen-bond donors (Lipinski definition) is 2. The average Bonchev–Trinajstić information content (AvgIpc) is 2.23. The normalized spacial score (nSPS) is 14.9. The maximum atomic E-state index is 11.8. The third-order valence-corrected chi connectivity index (χ3v) is 2.85. The van der Waals surface area contributed by atoms with Crippen molar-refractivity contribution in [2.24, 2.45) is 0 Å². The van der Waals surface area contributed by atoms with Gasteiger partial charge in [0.1, 0.15) is 5.82 Å². The van der Waals surface area contributed by atoms with E-state index < -0.39 is 0 Å². The predicted molar refractivity (Wildman–Crippen MR) is 62.3 cm³/mol. The summed E-state index contributed by atoms with van der Waals surface area (Å²) >= 11 is 0. The summed E-state index contributed by atoms with van der Waals surface area (Å²) in [6, 6.07) is 1.66. The van der Waals surface area contributed by atoms with Crippen LogP contribution in [-0.4, -0.2) is 11.1 Å². The summed E-state index contributed by atoms with van der Waals surface area (Å²) in [5.74, 6) is 1.09. The van der Waals surface area contributed by atoms with E-state index in [-0.39, 0.29) is 11.5 Å². The Balaban J connectivity index is 2.65. The molecule has 3 N–H and O–H groups in total. The van der Waals surface area contributed by atoms with E-state index in [0.29, 0.717) is 0 Å². The van der Waals surface area contributed by atoms with Crippen LogP contribution < -0.4 is 16.6 Å². The Morgan fingerprint density at radius 3 is 2.93 bits per heavy atom. The highest BCUT2D eigenvalue weighted by Gasteiger charge is 2.17. The smallest absolute Gasteiger partial charge is 0.252 e. The molecule has 15 heavy (non-hydrogen) atoms. The monoisotopic (exact) mass is 207 g/mol. The van der Waals surface area contributed by atoms with Gasteiger partial charge in [-0.15, -0.1) is 0 Å². The van der Waals surface area contributed by atoms with Crippen LogP contribution >= 0.6 is 0 Å². The van der Waals surface area contributed by atoms with Crippen molar-refractivity contribution in [1.29, 1.82) is 0 Å². The number of nitrogen functional groups attached to an aromatic ring is 1. The molecule has 0 unspecified atom stereocenters. The standard InChI is InChI=1S/C11H17N3O/c1-7(2)8-6-9(15)14-5-3-4-13-11(14)10(8)12/h6-7,13H,3-5,12H2,1-2H3. The van der Waals surface area contributed by atoms with Crippen LogP contribution in [0.5, 0.6) is 0 Å². The molecule has 0 saturated carbocycles. The van der Waals surface area contributed by atoms with E-state index in [9.17, 15) is 4.79 Å². The Kier molecular flexibility index (Phi) is 2.42. The molecule has 4 nitrogen and oxygen atoms in total. The number of nitrogens with zero attached hydrogens (tertiary/aromatic N) is 1. The lowest BCUT2D eigenvalue weighted by atomic mass is 10.0. The van der Waals surface area contributed by atoms with Crippen molar-refractivity contribution in [2.45, 2.75) is 32.7 Å².